The minimum absolute atomic E-state index is 0.242. The zero-order valence-corrected chi connectivity index (χ0v) is 14.3. The highest BCUT2D eigenvalue weighted by atomic mass is 16.7. The molecule has 1 heterocycles. The van der Waals surface area contributed by atoms with Crippen molar-refractivity contribution in [3.8, 4) is 0 Å². The van der Waals surface area contributed by atoms with Gasteiger partial charge >= 0.3 is 11.9 Å². The van der Waals surface area contributed by atoms with Crippen LogP contribution in [0.25, 0.3) is 0 Å². The van der Waals surface area contributed by atoms with E-state index < -0.39 is 42.6 Å². The summed E-state index contributed by atoms with van der Waals surface area (Å²) in [6.45, 7) is 7.33. The quantitative estimate of drug-likeness (QED) is 0.598. The van der Waals surface area contributed by atoms with E-state index in [1.165, 1.54) is 21.0 Å². The third kappa shape index (κ3) is 5.72. The van der Waals surface area contributed by atoms with Crippen LogP contribution in [-0.4, -0.2) is 69.6 Å². The molecule has 8 heteroatoms. The van der Waals surface area contributed by atoms with Crippen LogP contribution in [-0.2, 0) is 38.0 Å². The third-order valence-electron chi connectivity index (χ3n) is 3.27. The molecule has 23 heavy (non-hydrogen) atoms. The zero-order chi connectivity index (χ0) is 17.4. The second-order valence-corrected chi connectivity index (χ2v) is 5.01. The summed E-state index contributed by atoms with van der Waals surface area (Å²) in [6.07, 6.45) is -3.80. The van der Waals surface area contributed by atoms with Crippen molar-refractivity contribution in [3.05, 3.63) is 0 Å². The molecule has 1 fully saturated rings. The number of ether oxygens (including phenoxy) is 6. The van der Waals surface area contributed by atoms with Crippen LogP contribution in [0.2, 0.25) is 0 Å². The number of carbonyl (C=O) groups excluding carboxylic acids is 2. The van der Waals surface area contributed by atoms with Gasteiger partial charge in [0.05, 0.1) is 6.61 Å². The molecule has 0 radical (unpaired) electrons. The molecular weight excluding hydrogens is 308 g/mol. The summed E-state index contributed by atoms with van der Waals surface area (Å²) in [5.41, 5.74) is 0. The smallest absolute Gasteiger partial charge is 0.303 e. The SMILES string of the molecule is CCOCC1OC(OC)C(OC(C)=O)C(OC(C)=O)C1OCC. The number of hydrogen-bond donors (Lipinski definition) is 0. The van der Waals surface area contributed by atoms with Crippen molar-refractivity contribution in [2.75, 3.05) is 26.9 Å². The maximum absolute atomic E-state index is 11.5. The van der Waals surface area contributed by atoms with E-state index in [4.69, 9.17) is 28.4 Å². The average molecular weight is 334 g/mol. The zero-order valence-electron chi connectivity index (χ0n) is 14.3. The van der Waals surface area contributed by atoms with E-state index in [1.54, 1.807) is 0 Å². The van der Waals surface area contributed by atoms with Gasteiger partial charge in [0.1, 0.15) is 12.2 Å². The molecular formula is C15H26O8. The molecule has 0 N–H and O–H groups in total. The standard InChI is InChI=1S/C15H26O8/c1-6-19-8-11-12(20-7-2)13(21-9(3)16)14(22-10(4)17)15(18-5)23-11/h11-15H,6-8H2,1-5H3. The molecule has 0 spiro atoms. The maximum atomic E-state index is 11.5. The first kappa shape index (κ1) is 19.8. The van der Waals surface area contributed by atoms with Gasteiger partial charge in [0.15, 0.2) is 18.5 Å². The first-order valence-electron chi connectivity index (χ1n) is 7.66. The van der Waals surface area contributed by atoms with Crippen LogP contribution in [0, 0.1) is 0 Å². The Bertz CT molecular complexity index is 386. The van der Waals surface area contributed by atoms with Gasteiger partial charge in [-0.1, -0.05) is 0 Å². The maximum Gasteiger partial charge on any atom is 0.303 e. The summed E-state index contributed by atoms with van der Waals surface area (Å²) in [5, 5.41) is 0. The van der Waals surface area contributed by atoms with Gasteiger partial charge in [-0.25, -0.2) is 0 Å². The summed E-state index contributed by atoms with van der Waals surface area (Å²) in [5.74, 6) is -1.04. The lowest BCUT2D eigenvalue weighted by Crippen LogP contribution is -2.62. The molecule has 134 valence electrons. The van der Waals surface area contributed by atoms with Crippen LogP contribution in [0.1, 0.15) is 27.7 Å². The lowest BCUT2D eigenvalue weighted by molar-refractivity contribution is -0.307. The first-order chi connectivity index (χ1) is 10.9. The van der Waals surface area contributed by atoms with Gasteiger partial charge in [-0.3, -0.25) is 9.59 Å². The van der Waals surface area contributed by atoms with E-state index in [0.29, 0.717) is 13.2 Å². The summed E-state index contributed by atoms with van der Waals surface area (Å²) >= 11 is 0. The molecule has 1 aliphatic heterocycles. The Morgan fingerprint density at radius 2 is 1.57 bits per heavy atom. The van der Waals surface area contributed by atoms with Crippen LogP contribution in [0.3, 0.4) is 0 Å². The molecule has 1 saturated heterocycles. The lowest BCUT2D eigenvalue weighted by Gasteiger charge is -2.44. The van der Waals surface area contributed by atoms with Crippen molar-refractivity contribution in [1.82, 2.24) is 0 Å². The Morgan fingerprint density at radius 3 is 2.04 bits per heavy atom. The Morgan fingerprint density at radius 1 is 0.957 bits per heavy atom. The van der Waals surface area contributed by atoms with E-state index in [1.807, 2.05) is 13.8 Å². The molecule has 0 amide bonds. The molecule has 0 aromatic carbocycles. The summed E-state index contributed by atoms with van der Waals surface area (Å²) in [6, 6.07) is 0. The Hall–Kier alpha value is -1.22. The van der Waals surface area contributed by atoms with Gasteiger partial charge in [-0.05, 0) is 13.8 Å². The molecule has 0 bridgehead atoms. The summed E-state index contributed by atoms with van der Waals surface area (Å²) < 4.78 is 32.7. The predicted molar refractivity (Wildman–Crippen MR) is 78.7 cm³/mol. The number of hydrogen-bond acceptors (Lipinski definition) is 8. The lowest BCUT2D eigenvalue weighted by atomic mass is 9.98. The number of methoxy groups -OCH3 is 1. The minimum atomic E-state index is -0.921. The van der Waals surface area contributed by atoms with E-state index >= 15 is 0 Å². The average Bonchev–Trinajstić information content (AvgIpc) is 2.48. The van der Waals surface area contributed by atoms with Gasteiger partial charge in [0.2, 0.25) is 0 Å². The largest absolute Gasteiger partial charge is 0.455 e. The fourth-order valence-corrected chi connectivity index (χ4v) is 2.47. The van der Waals surface area contributed by atoms with Gasteiger partial charge in [-0.2, -0.15) is 0 Å². The van der Waals surface area contributed by atoms with Crippen molar-refractivity contribution in [2.24, 2.45) is 0 Å². The van der Waals surface area contributed by atoms with Gasteiger partial charge < -0.3 is 28.4 Å². The first-order valence-corrected chi connectivity index (χ1v) is 7.66. The second-order valence-electron chi connectivity index (χ2n) is 5.01. The van der Waals surface area contributed by atoms with Crippen LogP contribution in [0.15, 0.2) is 0 Å². The van der Waals surface area contributed by atoms with Gasteiger partial charge in [-0.15, -0.1) is 0 Å². The van der Waals surface area contributed by atoms with E-state index in [2.05, 4.69) is 0 Å². The fraction of sp³-hybridized carbons (Fsp3) is 0.867. The molecule has 5 atom stereocenters. The summed E-state index contributed by atoms with van der Waals surface area (Å²) in [7, 11) is 1.42. The second kappa shape index (κ2) is 9.82. The molecule has 0 aromatic heterocycles. The predicted octanol–water partition coefficient (Wildman–Crippen LogP) is 0.663. The molecule has 1 aliphatic rings. The van der Waals surface area contributed by atoms with Crippen LogP contribution >= 0.6 is 0 Å². The van der Waals surface area contributed by atoms with Crippen molar-refractivity contribution < 1.29 is 38.0 Å². The highest BCUT2D eigenvalue weighted by molar-refractivity contribution is 5.67. The van der Waals surface area contributed by atoms with Crippen molar-refractivity contribution in [2.45, 2.75) is 58.4 Å². The molecule has 0 aliphatic carbocycles. The Labute approximate surface area is 136 Å². The molecule has 1 rings (SSSR count). The van der Waals surface area contributed by atoms with Crippen molar-refractivity contribution in [1.29, 1.82) is 0 Å². The van der Waals surface area contributed by atoms with Crippen LogP contribution in [0.4, 0.5) is 0 Å². The minimum Gasteiger partial charge on any atom is -0.455 e. The highest BCUT2D eigenvalue weighted by Crippen LogP contribution is 2.29. The Kier molecular flexibility index (Phi) is 8.46. The van der Waals surface area contributed by atoms with E-state index in [-0.39, 0.29) is 6.61 Å². The Balaban J connectivity index is 3.07. The number of esters is 2. The molecule has 0 aromatic rings. The molecule has 5 unspecified atom stereocenters. The topological polar surface area (TPSA) is 89.5 Å². The number of carbonyl (C=O) groups is 2. The third-order valence-corrected chi connectivity index (χ3v) is 3.27. The normalized spacial score (nSPS) is 30.7. The van der Waals surface area contributed by atoms with Crippen LogP contribution < -0.4 is 0 Å². The summed E-state index contributed by atoms with van der Waals surface area (Å²) in [4.78, 5) is 22.9. The van der Waals surface area contributed by atoms with E-state index in [0.717, 1.165) is 0 Å². The van der Waals surface area contributed by atoms with Crippen molar-refractivity contribution in [3.63, 3.8) is 0 Å². The monoisotopic (exact) mass is 334 g/mol. The van der Waals surface area contributed by atoms with E-state index in [9.17, 15) is 9.59 Å². The van der Waals surface area contributed by atoms with Gasteiger partial charge in [0, 0.05) is 34.2 Å². The molecule has 0 saturated carbocycles. The number of rotatable bonds is 8. The highest BCUT2D eigenvalue weighted by Gasteiger charge is 2.50. The van der Waals surface area contributed by atoms with Crippen molar-refractivity contribution >= 4 is 11.9 Å². The van der Waals surface area contributed by atoms with Gasteiger partial charge in [0.25, 0.3) is 0 Å². The molecule has 8 nitrogen and oxygen atoms in total. The fourth-order valence-electron chi connectivity index (χ4n) is 2.47. The van der Waals surface area contributed by atoms with Crippen LogP contribution in [0.5, 0.6) is 0 Å².